The number of hydrogen-bond acceptors (Lipinski definition) is 3. The Morgan fingerprint density at radius 1 is 1.73 bits per heavy atom. The Morgan fingerprint density at radius 3 is 2.91 bits per heavy atom. The molecule has 0 unspecified atom stereocenters. The number of hydrogen-bond donors (Lipinski definition) is 1. The normalized spacial score (nSPS) is 16.0. The summed E-state index contributed by atoms with van der Waals surface area (Å²) in [6.45, 7) is 1.41. The van der Waals surface area contributed by atoms with Crippen molar-refractivity contribution in [1.82, 2.24) is 5.01 Å². The van der Waals surface area contributed by atoms with Crippen molar-refractivity contribution in [2.75, 3.05) is 0 Å². The number of allylic oxidation sites excluding steroid dienone is 1. The molecule has 4 nitrogen and oxygen atoms in total. The lowest BCUT2D eigenvalue weighted by Gasteiger charge is -2.15. The highest BCUT2D eigenvalue weighted by Gasteiger charge is 2.08. The second kappa shape index (κ2) is 3.30. The molecule has 2 N–H and O–H groups in total. The molecule has 0 saturated heterocycles. The van der Waals surface area contributed by atoms with E-state index in [1.165, 1.54) is 6.92 Å². The number of hydrazine groups is 1. The standard InChI is InChI=1S/C7H11N3O/c1-6(11)10(8)7-4-2-3-5-9-7/h4-5H,2-3,8H2,1H3. The fraction of sp³-hybridized carbons (Fsp3) is 0.429. The molecular weight excluding hydrogens is 142 g/mol. The van der Waals surface area contributed by atoms with Gasteiger partial charge in [0.2, 0.25) is 5.91 Å². The average molecular weight is 153 g/mol. The monoisotopic (exact) mass is 153 g/mol. The van der Waals surface area contributed by atoms with Crippen molar-refractivity contribution in [3.63, 3.8) is 0 Å². The molecule has 1 aliphatic heterocycles. The van der Waals surface area contributed by atoms with Crippen LogP contribution in [0.1, 0.15) is 19.8 Å². The van der Waals surface area contributed by atoms with Gasteiger partial charge in [-0.1, -0.05) is 0 Å². The molecular formula is C7H11N3O. The molecule has 0 aromatic carbocycles. The lowest BCUT2D eigenvalue weighted by molar-refractivity contribution is -0.127. The summed E-state index contributed by atoms with van der Waals surface area (Å²) in [4.78, 5) is 14.7. The van der Waals surface area contributed by atoms with Crippen LogP contribution < -0.4 is 5.84 Å². The lowest BCUT2D eigenvalue weighted by Crippen LogP contribution is -2.34. The summed E-state index contributed by atoms with van der Waals surface area (Å²) >= 11 is 0. The molecule has 0 radical (unpaired) electrons. The predicted molar refractivity (Wildman–Crippen MR) is 42.5 cm³/mol. The van der Waals surface area contributed by atoms with Gasteiger partial charge in [0.15, 0.2) is 0 Å². The molecule has 0 aromatic rings. The second-order valence-electron chi connectivity index (χ2n) is 2.34. The minimum absolute atomic E-state index is 0.199. The summed E-state index contributed by atoms with van der Waals surface area (Å²) in [6, 6.07) is 0. The zero-order valence-electron chi connectivity index (χ0n) is 6.45. The molecule has 0 spiro atoms. The van der Waals surface area contributed by atoms with Gasteiger partial charge in [-0.15, -0.1) is 0 Å². The molecule has 1 aliphatic rings. The molecule has 1 amide bonds. The Hall–Kier alpha value is -1.16. The number of carbonyl (C=O) groups excluding carboxylic acids is 1. The summed E-state index contributed by atoms with van der Waals surface area (Å²) in [5, 5.41) is 1.05. The van der Waals surface area contributed by atoms with Crippen LogP contribution in [0.3, 0.4) is 0 Å². The lowest BCUT2D eigenvalue weighted by atomic mass is 10.3. The van der Waals surface area contributed by atoms with Crippen LogP contribution in [0.5, 0.6) is 0 Å². The van der Waals surface area contributed by atoms with Crippen LogP contribution in [0.15, 0.2) is 16.9 Å². The quantitative estimate of drug-likeness (QED) is 0.337. The molecule has 0 aliphatic carbocycles. The molecule has 0 atom stereocenters. The van der Waals surface area contributed by atoms with Crippen LogP contribution in [0.2, 0.25) is 0 Å². The van der Waals surface area contributed by atoms with Crippen molar-refractivity contribution in [2.24, 2.45) is 10.8 Å². The molecule has 11 heavy (non-hydrogen) atoms. The van der Waals surface area contributed by atoms with E-state index in [4.69, 9.17) is 5.84 Å². The first-order valence-electron chi connectivity index (χ1n) is 3.50. The van der Waals surface area contributed by atoms with Crippen LogP contribution in [0.25, 0.3) is 0 Å². The van der Waals surface area contributed by atoms with E-state index in [2.05, 4.69) is 4.99 Å². The molecule has 0 bridgehead atoms. The zero-order valence-corrected chi connectivity index (χ0v) is 6.45. The topological polar surface area (TPSA) is 58.7 Å². The van der Waals surface area contributed by atoms with E-state index in [0.29, 0.717) is 5.82 Å². The van der Waals surface area contributed by atoms with E-state index in [0.717, 1.165) is 17.9 Å². The van der Waals surface area contributed by atoms with E-state index < -0.39 is 0 Å². The number of aliphatic imine (C=N–C) groups is 1. The Labute approximate surface area is 65.4 Å². The van der Waals surface area contributed by atoms with Gasteiger partial charge in [-0.2, -0.15) is 0 Å². The van der Waals surface area contributed by atoms with Gasteiger partial charge in [0, 0.05) is 13.1 Å². The maximum Gasteiger partial charge on any atom is 0.239 e. The van der Waals surface area contributed by atoms with Crippen molar-refractivity contribution < 1.29 is 4.79 Å². The Kier molecular flexibility index (Phi) is 2.38. The number of amides is 1. The van der Waals surface area contributed by atoms with E-state index in [1.54, 1.807) is 6.21 Å². The van der Waals surface area contributed by atoms with Crippen LogP contribution in [0.4, 0.5) is 0 Å². The molecule has 0 fully saturated rings. The van der Waals surface area contributed by atoms with E-state index in [-0.39, 0.29) is 5.91 Å². The highest BCUT2D eigenvalue weighted by Crippen LogP contribution is 2.08. The minimum atomic E-state index is -0.199. The van der Waals surface area contributed by atoms with E-state index >= 15 is 0 Å². The fourth-order valence-corrected chi connectivity index (χ4v) is 0.820. The Bertz CT molecular complexity index is 220. The summed E-state index contributed by atoms with van der Waals surface area (Å²) in [6.07, 6.45) is 5.44. The summed E-state index contributed by atoms with van der Waals surface area (Å²) in [5.74, 6) is 5.74. The van der Waals surface area contributed by atoms with Gasteiger partial charge in [0.05, 0.1) is 0 Å². The van der Waals surface area contributed by atoms with Crippen LogP contribution in [-0.4, -0.2) is 17.1 Å². The minimum Gasteiger partial charge on any atom is -0.273 e. The third kappa shape index (κ3) is 1.88. The molecule has 0 saturated carbocycles. The number of nitrogens with two attached hydrogens (primary N) is 1. The highest BCUT2D eigenvalue weighted by molar-refractivity contribution is 5.75. The molecule has 0 aromatic heterocycles. The first-order valence-corrected chi connectivity index (χ1v) is 3.50. The SMILES string of the molecule is CC(=O)N(N)C1=CCCC=N1. The number of nitrogens with zero attached hydrogens (tertiary/aromatic N) is 2. The summed E-state index contributed by atoms with van der Waals surface area (Å²) < 4.78 is 0. The van der Waals surface area contributed by atoms with Crippen LogP contribution in [0, 0.1) is 0 Å². The smallest absolute Gasteiger partial charge is 0.239 e. The largest absolute Gasteiger partial charge is 0.273 e. The van der Waals surface area contributed by atoms with Crippen molar-refractivity contribution in [2.45, 2.75) is 19.8 Å². The zero-order chi connectivity index (χ0) is 8.27. The first kappa shape index (κ1) is 7.94. The molecule has 1 heterocycles. The third-order valence-electron chi connectivity index (χ3n) is 1.43. The maximum atomic E-state index is 10.7. The van der Waals surface area contributed by atoms with Gasteiger partial charge in [-0.25, -0.2) is 15.8 Å². The van der Waals surface area contributed by atoms with Gasteiger partial charge in [-0.05, 0) is 18.9 Å². The number of carbonyl (C=O) groups is 1. The first-order chi connectivity index (χ1) is 5.22. The van der Waals surface area contributed by atoms with Crippen LogP contribution >= 0.6 is 0 Å². The van der Waals surface area contributed by atoms with Gasteiger partial charge < -0.3 is 0 Å². The second-order valence-corrected chi connectivity index (χ2v) is 2.34. The van der Waals surface area contributed by atoms with Gasteiger partial charge in [0.25, 0.3) is 0 Å². The van der Waals surface area contributed by atoms with Crippen molar-refractivity contribution in [3.05, 3.63) is 11.9 Å². The van der Waals surface area contributed by atoms with E-state index in [9.17, 15) is 4.79 Å². The van der Waals surface area contributed by atoms with Crippen molar-refractivity contribution in [3.8, 4) is 0 Å². The van der Waals surface area contributed by atoms with Gasteiger partial charge in [0.1, 0.15) is 5.82 Å². The average Bonchev–Trinajstić information content (AvgIpc) is 2.05. The number of rotatable bonds is 1. The third-order valence-corrected chi connectivity index (χ3v) is 1.43. The Morgan fingerprint density at radius 2 is 2.45 bits per heavy atom. The Balaban J connectivity index is 2.66. The molecule has 60 valence electrons. The van der Waals surface area contributed by atoms with Gasteiger partial charge >= 0.3 is 0 Å². The van der Waals surface area contributed by atoms with E-state index in [1.807, 2.05) is 6.08 Å². The molecule has 4 heteroatoms. The summed E-state index contributed by atoms with van der Waals surface area (Å²) in [5.41, 5.74) is 0. The molecule has 1 rings (SSSR count). The maximum absolute atomic E-state index is 10.7. The fourth-order valence-electron chi connectivity index (χ4n) is 0.820. The highest BCUT2D eigenvalue weighted by atomic mass is 16.2. The summed E-state index contributed by atoms with van der Waals surface area (Å²) in [7, 11) is 0. The van der Waals surface area contributed by atoms with Crippen molar-refractivity contribution >= 4 is 12.1 Å². The van der Waals surface area contributed by atoms with Crippen molar-refractivity contribution in [1.29, 1.82) is 0 Å². The van der Waals surface area contributed by atoms with Crippen LogP contribution in [-0.2, 0) is 4.79 Å². The van der Waals surface area contributed by atoms with Gasteiger partial charge in [-0.3, -0.25) is 4.79 Å². The predicted octanol–water partition coefficient (Wildman–Crippen LogP) is 0.415.